The van der Waals surface area contributed by atoms with Crippen LogP contribution in [0.3, 0.4) is 0 Å². The van der Waals surface area contributed by atoms with Gasteiger partial charge in [0.05, 0.1) is 6.20 Å². The lowest BCUT2D eigenvalue weighted by molar-refractivity contribution is -0.147. The quantitative estimate of drug-likeness (QED) is 0.916. The van der Waals surface area contributed by atoms with E-state index < -0.39 is 23.5 Å². The lowest BCUT2D eigenvalue weighted by Gasteiger charge is -2.12. The largest absolute Gasteiger partial charge is 0.449 e. The number of carbonyl (C=O) groups is 1. The zero-order valence-electron chi connectivity index (χ0n) is 10.7. The van der Waals surface area contributed by atoms with Crippen molar-refractivity contribution in [3.63, 3.8) is 0 Å². The van der Waals surface area contributed by atoms with Crippen LogP contribution < -0.4 is 10.9 Å². The summed E-state index contributed by atoms with van der Waals surface area (Å²) in [7, 11) is 0.955. The molecule has 106 valence electrons. The molecule has 0 aliphatic heterocycles. The van der Waals surface area contributed by atoms with Gasteiger partial charge in [0.2, 0.25) is 11.7 Å². The third-order valence-electron chi connectivity index (χ3n) is 2.29. The summed E-state index contributed by atoms with van der Waals surface area (Å²) < 4.78 is 37.8. The highest BCUT2D eigenvalue weighted by atomic mass is 19.4. The number of hydrogen-bond acceptors (Lipinski definition) is 3. The summed E-state index contributed by atoms with van der Waals surface area (Å²) in [5, 5.41) is 2.26. The van der Waals surface area contributed by atoms with Gasteiger partial charge in [0, 0.05) is 13.5 Å². The Balaban J connectivity index is 3.04. The van der Waals surface area contributed by atoms with Crippen LogP contribution in [-0.4, -0.2) is 15.5 Å². The number of aromatic nitrogens is 2. The predicted octanol–water partition coefficient (Wildman–Crippen LogP) is 1.78. The molecule has 0 bridgehead atoms. The topological polar surface area (TPSA) is 64.0 Å². The van der Waals surface area contributed by atoms with Gasteiger partial charge in [-0.3, -0.25) is 14.2 Å². The summed E-state index contributed by atoms with van der Waals surface area (Å²) in [5.74, 6) is -1.67. The molecule has 0 atom stereocenters. The average Bonchev–Trinajstić information content (AvgIpc) is 2.21. The minimum Gasteiger partial charge on any atom is -0.320 e. The summed E-state index contributed by atoms with van der Waals surface area (Å²) in [6, 6.07) is 0. The number of hydrogen-bond donors (Lipinski definition) is 1. The van der Waals surface area contributed by atoms with Crippen LogP contribution in [0.5, 0.6) is 0 Å². The van der Waals surface area contributed by atoms with Crippen molar-refractivity contribution in [2.45, 2.75) is 26.4 Å². The van der Waals surface area contributed by atoms with Crippen molar-refractivity contribution < 1.29 is 18.0 Å². The molecule has 1 N–H and O–H groups in total. The van der Waals surface area contributed by atoms with E-state index in [0.717, 1.165) is 13.2 Å². The number of nitrogens with zero attached hydrogens (tertiary/aromatic N) is 2. The van der Waals surface area contributed by atoms with Gasteiger partial charge in [0.1, 0.15) is 5.69 Å². The van der Waals surface area contributed by atoms with Gasteiger partial charge >= 0.3 is 6.18 Å². The number of carbonyl (C=O) groups excluding carboxylic acids is 1. The molecule has 19 heavy (non-hydrogen) atoms. The van der Waals surface area contributed by atoms with Gasteiger partial charge in [0.25, 0.3) is 5.56 Å². The molecule has 0 fully saturated rings. The van der Waals surface area contributed by atoms with Gasteiger partial charge in [-0.2, -0.15) is 13.2 Å². The first kappa shape index (κ1) is 15.2. The van der Waals surface area contributed by atoms with Crippen molar-refractivity contribution in [3.05, 3.63) is 22.4 Å². The van der Waals surface area contributed by atoms with Gasteiger partial charge in [0.15, 0.2) is 0 Å². The summed E-state index contributed by atoms with van der Waals surface area (Å²) in [5.41, 5.74) is -1.21. The van der Waals surface area contributed by atoms with Crippen LogP contribution in [0, 0.1) is 5.92 Å². The van der Waals surface area contributed by atoms with Crippen LogP contribution in [0.2, 0.25) is 0 Å². The molecule has 1 aromatic rings. The van der Waals surface area contributed by atoms with Gasteiger partial charge in [-0.1, -0.05) is 13.8 Å². The van der Waals surface area contributed by atoms with Crippen LogP contribution in [-0.2, 0) is 18.0 Å². The smallest absolute Gasteiger partial charge is 0.320 e. The van der Waals surface area contributed by atoms with E-state index in [4.69, 9.17) is 0 Å². The SMILES string of the molecule is CC(C)CC(=O)Nc1cnc(C(F)(F)F)n(C)c1=O. The standard InChI is InChI=1S/C11H14F3N3O2/c1-6(2)4-8(18)16-7-5-15-10(11(12,13)14)17(3)9(7)19/h5-6H,4H2,1-3H3,(H,16,18). The molecule has 1 rings (SSSR count). The maximum Gasteiger partial charge on any atom is 0.449 e. The molecule has 0 unspecified atom stereocenters. The van der Waals surface area contributed by atoms with Crippen molar-refractivity contribution in [2.24, 2.45) is 13.0 Å². The minimum atomic E-state index is -4.71. The monoisotopic (exact) mass is 277 g/mol. The van der Waals surface area contributed by atoms with Crippen LogP contribution in [0.4, 0.5) is 18.9 Å². The molecule has 1 aromatic heterocycles. The highest BCUT2D eigenvalue weighted by Crippen LogP contribution is 2.26. The van der Waals surface area contributed by atoms with Crippen molar-refractivity contribution in [1.29, 1.82) is 0 Å². The lowest BCUT2D eigenvalue weighted by atomic mass is 10.1. The minimum absolute atomic E-state index is 0.0752. The van der Waals surface area contributed by atoms with E-state index in [-0.39, 0.29) is 18.0 Å². The van der Waals surface area contributed by atoms with Crippen molar-refractivity contribution >= 4 is 11.6 Å². The van der Waals surface area contributed by atoms with E-state index in [1.54, 1.807) is 0 Å². The molecule has 0 radical (unpaired) electrons. The van der Waals surface area contributed by atoms with Crippen LogP contribution in [0.15, 0.2) is 11.0 Å². The normalized spacial score (nSPS) is 11.7. The maximum atomic E-state index is 12.5. The van der Waals surface area contributed by atoms with Crippen molar-refractivity contribution in [3.8, 4) is 0 Å². The van der Waals surface area contributed by atoms with E-state index >= 15 is 0 Å². The van der Waals surface area contributed by atoms with Gasteiger partial charge in [-0.25, -0.2) is 4.98 Å². The molecule has 0 spiro atoms. The Morgan fingerprint density at radius 2 is 2.05 bits per heavy atom. The summed E-state index contributed by atoms with van der Waals surface area (Å²) >= 11 is 0. The van der Waals surface area contributed by atoms with Gasteiger partial charge in [-0.15, -0.1) is 0 Å². The Morgan fingerprint density at radius 1 is 1.47 bits per heavy atom. The molecule has 0 saturated carbocycles. The zero-order chi connectivity index (χ0) is 14.8. The fraction of sp³-hybridized carbons (Fsp3) is 0.545. The zero-order valence-corrected chi connectivity index (χ0v) is 10.7. The number of rotatable bonds is 3. The third-order valence-corrected chi connectivity index (χ3v) is 2.29. The lowest BCUT2D eigenvalue weighted by Crippen LogP contribution is -2.30. The first-order valence-corrected chi connectivity index (χ1v) is 5.56. The van der Waals surface area contributed by atoms with Crippen LogP contribution in [0.1, 0.15) is 26.1 Å². The highest BCUT2D eigenvalue weighted by molar-refractivity contribution is 5.90. The Kier molecular flexibility index (Phi) is 4.33. The highest BCUT2D eigenvalue weighted by Gasteiger charge is 2.36. The Bertz CT molecular complexity index is 535. The van der Waals surface area contributed by atoms with E-state index in [1.807, 2.05) is 13.8 Å². The fourth-order valence-electron chi connectivity index (χ4n) is 1.47. The molecular weight excluding hydrogens is 263 g/mol. The Morgan fingerprint density at radius 3 is 2.53 bits per heavy atom. The molecular formula is C11H14F3N3O2. The Hall–Kier alpha value is -1.86. The second-order valence-corrected chi connectivity index (χ2v) is 4.50. The molecule has 0 saturated heterocycles. The third kappa shape index (κ3) is 3.80. The number of halogens is 3. The molecule has 0 aliphatic carbocycles. The summed E-state index contributed by atoms with van der Waals surface area (Å²) in [4.78, 5) is 26.3. The first-order chi connectivity index (χ1) is 8.62. The van der Waals surface area contributed by atoms with Crippen molar-refractivity contribution in [2.75, 3.05) is 5.32 Å². The van der Waals surface area contributed by atoms with E-state index in [2.05, 4.69) is 10.3 Å². The molecule has 0 aliphatic rings. The Labute approximate surface area is 107 Å². The number of amides is 1. The molecule has 1 heterocycles. The molecule has 0 aromatic carbocycles. The van der Waals surface area contributed by atoms with Gasteiger partial charge in [-0.05, 0) is 5.92 Å². The van der Waals surface area contributed by atoms with Crippen LogP contribution in [0.25, 0.3) is 0 Å². The number of nitrogens with one attached hydrogen (secondary N) is 1. The van der Waals surface area contributed by atoms with Crippen molar-refractivity contribution in [1.82, 2.24) is 9.55 Å². The summed E-state index contributed by atoms with van der Waals surface area (Å²) in [6.45, 7) is 3.62. The van der Waals surface area contributed by atoms with E-state index in [9.17, 15) is 22.8 Å². The molecule has 5 nitrogen and oxygen atoms in total. The molecule has 1 amide bonds. The fourth-order valence-corrected chi connectivity index (χ4v) is 1.47. The first-order valence-electron chi connectivity index (χ1n) is 5.56. The van der Waals surface area contributed by atoms with E-state index in [1.165, 1.54) is 0 Å². The van der Waals surface area contributed by atoms with Crippen LogP contribution >= 0.6 is 0 Å². The average molecular weight is 277 g/mol. The number of alkyl halides is 3. The second kappa shape index (κ2) is 5.41. The predicted molar refractivity (Wildman–Crippen MR) is 62.6 cm³/mol. The second-order valence-electron chi connectivity index (χ2n) is 4.50. The van der Waals surface area contributed by atoms with E-state index in [0.29, 0.717) is 4.57 Å². The molecule has 8 heteroatoms. The maximum absolute atomic E-state index is 12.5. The summed E-state index contributed by atoms with van der Waals surface area (Å²) in [6.07, 6.45) is -3.82. The number of anilines is 1. The van der Waals surface area contributed by atoms with Gasteiger partial charge < -0.3 is 5.32 Å².